The fourth-order valence-electron chi connectivity index (χ4n) is 2.30. The number of nitrogens with two attached hydrogens (primary N) is 1. The van der Waals surface area contributed by atoms with Gasteiger partial charge in [-0.15, -0.1) is 10.2 Å². The van der Waals surface area contributed by atoms with E-state index in [-0.39, 0.29) is 0 Å². The third-order valence-electron chi connectivity index (χ3n) is 3.58. The second kappa shape index (κ2) is 7.32. The smallest absolute Gasteiger partial charge is 0.248 e. The van der Waals surface area contributed by atoms with Gasteiger partial charge in [0.2, 0.25) is 5.91 Å². The summed E-state index contributed by atoms with van der Waals surface area (Å²) >= 11 is 0. The number of carbonyl (C=O) groups is 1. The molecule has 3 aromatic rings. The zero-order valence-corrected chi connectivity index (χ0v) is 13.0. The molecule has 2 heterocycles. The lowest BCUT2D eigenvalue weighted by Crippen LogP contribution is -2.10. The number of carbonyl (C=O) groups excluding carboxylic acids is 1. The second-order valence-electron chi connectivity index (χ2n) is 5.28. The molecule has 0 atom stereocenters. The number of hydrogen-bond acceptors (Lipinski definition) is 5. The van der Waals surface area contributed by atoms with Crippen molar-refractivity contribution < 1.29 is 4.79 Å². The third-order valence-corrected chi connectivity index (χ3v) is 3.58. The lowest BCUT2D eigenvalue weighted by molar-refractivity contribution is 0.100. The first kappa shape index (κ1) is 15.6. The Hall–Kier alpha value is -3.28. The van der Waals surface area contributed by atoms with E-state index in [0.717, 1.165) is 18.5 Å². The van der Waals surface area contributed by atoms with Crippen molar-refractivity contribution in [1.29, 1.82) is 0 Å². The van der Waals surface area contributed by atoms with Gasteiger partial charge in [0.1, 0.15) is 5.82 Å². The maximum absolute atomic E-state index is 11.2. The Bertz CT molecular complexity index is 818. The minimum Gasteiger partial charge on any atom is -0.368 e. The van der Waals surface area contributed by atoms with Crippen molar-refractivity contribution in [2.24, 2.45) is 5.73 Å². The molecule has 0 saturated heterocycles. The van der Waals surface area contributed by atoms with Gasteiger partial charge in [0.15, 0.2) is 0 Å². The van der Waals surface area contributed by atoms with Crippen LogP contribution >= 0.6 is 0 Å². The predicted octanol–water partition coefficient (Wildman–Crippen LogP) is 2.29. The van der Waals surface area contributed by atoms with Gasteiger partial charge in [-0.2, -0.15) is 0 Å². The van der Waals surface area contributed by atoms with E-state index in [0.29, 0.717) is 17.1 Å². The highest BCUT2D eigenvalue weighted by Crippen LogP contribution is 2.18. The molecule has 0 aliphatic carbocycles. The molecular formula is C18H17N5O. The standard InChI is InChI=1S/C18H17N5O/c19-18(24)15-3-1-2-14(12-15)16-4-5-17(23-22-16)21-11-8-13-6-9-20-10-7-13/h1-7,9-10,12H,8,11H2,(H2,19,24)(H,21,23). The lowest BCUT2D eigenvalue weighted by atomic mass is 10.1. The van der Waals surface area contributed by atoms with E-state index in [4.69, 9.17) is 5.73 Å². The van der Waals surface area contributed by atoms with E-state index in [2.05, 4.69) is 20.5 Å². The largest absolute Gasteiger partial charge is 0.368 e. The Balaban J connectivity index is 1.63. The van der Waals surface area contributed by atoms with Crippen LogP contribution in [0.25, 0.3) is 11.3 Å². The minimum absolute atomic E-state index is 0.453. The van der Waals surface area contributed by atoms with Gasteiger partial charge in [-0.05, 0) is 48.4 Å². The van der Waals surface area contributed by atoms with Crippen molar-refractivity contribution >= 4 is 11.7 Å². The van der Waals surface area contributed by atoms with E-state index in [1.165, 1.54) is 5.56 Å². The summed E-state index contributed by atoms with van der Waals surface area (Å²) in [7, 11) is 0. The molecule has 0 unspecified atom stereocenters. The lowest BCUT2D eigenvalue weighted by Gasteiger charge is -2.06. The molecule has 1 amide bonds. The molecule has 6 nitrogen and oxygen atoms in total. The number of hydrogen-bond donors (Lipinski definition) is 2. The van der Waals surface area contributed by atoms with Crippen LogP contribution in [0.1, 0.15) is 15.9 Å². The van der Waals surface area contributed by atoms with E-state index in [1.54, 1.807) is 30.6 Å². The van der Waals surface area contributed by atoms with Crippen molar-refractivity contribution in [2.45, 2.75) is 6.42 Å². The van der Waals surface area contributed by atoms with Crippen molar-refractivity contribution in [3.8, 4) is 11.3 Å². The van der Waals surface area contributed by atoms with Crippen molar-refractivity contribution in [3.05, 3.63) is 72.1 Å². The van der Waals surface area contributed by atoms with Crippen LogP contribution in [0.4, 0.5) is 5.82 Å². The van der Waals surface area contributed by atoms with E-state index in [9.17, 15) is 4.79 Å². The molecule has 0 bridgehead atoms. The highest BCUT2D eigenvalue weighted by Gasteiger charge is 2.05. The van der Waals surface area contributed by atoms with Crippen LogP contribution < -0.4 is 11.1 Å². The summed E-state index contributed by atoms with van der Waals surface area (Å²) in [6, 6.07) is 14.7. The number of nitrogens with zero attached hydrogens (tertiary/aromatic N) is 3. The molecule has 6 heteroatoms. The Morgan fingerprint density at radius 3 is 2.58 bits per heavy atom. The molecule has 0 aliphatic rings. The Kier molecular flexibility index (Phi) is 4.76. The zero-order valence-electron chi connectivity index (χ0n) is 13.0. The maximum Gasteiger partial charge on any atom is 0.248 e. The van der Waals surface area contributed by atoms with Gasteiger partial charge in [0.05, 0.1) is 5.69 Å². The number of primary amides is 1. The third kappa shape index (κ3) is 3.92. The Labute approximate surface area is 139 Å². The summed E-state index contributed by atoms with van der Waals surface area (Å²) < 4.78 is 0. The van der Waals surface area contributed by atoms with Gasteiger partial charge < -0.3 is 11.1 Å². The number of nitrogens with one attached hydrogen (secondary N) is 1. The summed E-state index contributed by atoms with van der Waals surface area (Å²) in [5, 5.41) is 11.6. The number of rotatable bonds is 6. The van der Waals surface area contributed by atoms with Gasteiger partial charge in [0.25, 0.3) is 0 Å². The quantitative estimate of drug-likeness (QED) is 0.727. The molecule has 0 radical (unpaired) electrons. The average molecular weight is 319 g/mol. The summed E-state index contributed by atoms with van der Waals surface area (Å²) in [4.78, 5) is 15.2. The first-order valence-electron chi connectivity index (χ1n) is 7.59. The molecule has 3 N–H and O–H groups in total. The van der Waals surface area contributed by atoms with Gasteiger partial charge in [-0.3, -0.25) is 9.78 Å². The van der Waals surface area contributed by atoms with Gasteiger partial charge in [-0.25, -0.2) is 0 Å². The minimum atomic E-state index is -0.459. The molecule has 120 valence electrons. The average Bonchev–Trinajstić information content (AvgIpc) is 2.63. The summed E-state index contributed by atoms with van der Waals surface area (Å²) in [5.74, 6) is 0.248. The normalized spacial score (nSPS) is 10.3. The van der Waals surface area contributed by atoms with Gasteiger partial charge in [0, 0.05) is 30.1 Å². The molecular weight excluding hydrogens is 302 g/mol. The van der Waals surface area contributed by atoms with Gasteiger partial charge in [-0.1, -0.05) is 12.1 Å². The SMILES string of the molecule is NC(=O)c1cccc(-c2ccc(NCCc3ccncc3)nn2)c1. The fourth-order valence-corrected chi connectivity index (χ4v) is 2.30. The number of aromatic nitrogens is 3. The second-order valence-corrected chi connectivity index (χ2v) is 5.28. The van der Waals surface area contributed by atoms with Crippen molar-refractivity contribution in [1.82, 2.24) is 15.2 Å². The van der Waals surface area contributed by atoms with Crippen molar-refractivity contribution in [3.63, 3.8) is 0 Å². The summed E-state index contributed by atoms with van der Waals surface area (Å²) in [6.45, 7) is 0.759. The van der Waals surface area contributed by atoms with Crippen LogP contribution in [-0.2, 0) is 6.42 Å². The van der Waals surface area contributed by atoms with Gasteiger partial charge >= 0.3 is 0 Å². The number of pyridine rings is 1. The zero-order chi connectivity index (χ0) is 16.8. The first-order valence-corrected chi connectivity index (χ1v) is 7.59. The fraction of sp³-hybridized carbons (Fsp3) is 0.111. The predicted molar refractivity (Wildman–Crippen MR) is 92.4 cm³/mol. The van der Waals surface area contributed by atoms with Crippen LogP contribution in [0.15, 0.2) is 60.9 Å². The van der Waals surface area contributed by atoms with Crippen molar-refractivity contribution in [2.75, 3.05) is 11.9 Å². The van der Waals surface area contributed by atoms with E-state index in [1.807, 2.05) is 30.3 Å². The molecule has 0 spiro atoms. The Morgan fingerprint density at radius 1 is 1.04 bits per heavy atom. The molecule has 3 rings (SSSR count). The van der Waals surface area contributed by atoms with Crippen LogP contribution in [0.3, 0.4) is 0 Å². The van der Waals surface area contributed by atoms with E-state index >= 15 is 0 Å². The Morgan fingerprint density at radius 2 is 1.88 bits per heavy atom. The van der Waals surface area contributed by atoms with E-state index < -0.39 is 5.91 Å². The van der Waals surface area contributed by atoms with Crippen LogP contribution in [0, 0.1) is 0 Å². The molecule has 24 heavy (non-hydrogen) atoms. The molecule has 1 aromatic carbocycles. The number of benzene rings is 1. The van der Waals surface area contributed by atoms with Crippen LogP contribution in [0.5, 0.6) is 0 Å². The first-order chi connectivity index (χ1) is 11.7. The molecule has 0 fully saturated rings. The highest BCUT2D eigenvalue weighted by molar-refractivity contribution is 5.93. The molecule has 2 aromatic heterocycles. The maximum atomic E-state index is 11.2. The molecule has 0 saturated carbocycles. The summed E-state index contributed by atoms with van der Waals surface area (Å²) in [5.41, 5.74) is 8.46. The van der Waals surface area contributed by atoms with Crippen LogP contribution in [0.2, 0.25) is 0 Å². The highest BCUT2D eigenvalue weighted by atomic mass is 16.1. The number of anilines is 1. The monoisotopic (exact) mass is 319 g/mol. The number of amides is 1. The summed E-state index contributed by atoms with van der Waals surface area (Å²) in [6.07, 6.45) is 4.45. The topological polar surface area (TPSA) is 93.8 Å². The molecule has 0 aliphatic heterocycles. The van der Waals surface area contributed by atoms with Crippen LogP contribution in [-0.4, -0.2) is 27.6 Å².